The van der Waals surface area contributed by atoms with Gasteiger partial charge in [-0.05, 0) is 13.0 Å². The first-order valence-corrected chi connectivity index (χ1v) is 9.28. The number of rotatable bonds is 5. The van der Waals surface area contributed by atoms with Crippen molar-refractivity contribution in [2.45, 2.75) is 13.0 Å². The molecule has 138 valence electrons. The largest absolute Gasteiger partial charge is 0.368 e. The lowest BCUT2D eigenvalue weighted by Crippen LogP contribution is -2.47. The fraction of sp³-hybridized carbons (Fsp3) is 0.412. The first-order valence-electron chi connectivity index (χ1n) is 8.40. The molecule has 1 aromatic heterocycles. The highest BCUT2D eigenvalue weighted by molar-refractivity contribution is 7.09. The van der Waals surface area contributed by atoms with E-state index in [1.165, 1.54) is 19.2 Å². The van der Waals surface area contributed by atoms with Crippen molar-refractivity contribution in [2.75, 3.05) is 38.1 Å². The summed E-state index contributed by atoms with van der Waals surface area (Å²) in [5.74, 6) is -0.317. The Bertz CT molecular complexity index is 788. The standard InChI is InChI=1S/C17H21N5O3S/c1-12(17-19-5-10-26-17)20-6-8-21(9-7-20)15-4-3-13(22(24)25)11-14(15)16(23)18-2/h3-5,10-12H,6-9H2,1-2H3,(H,18,23). The molecule has 1 aliphatic heterocycles. The van der Waals surface area contributed by atoms with Crippen LogP contribution in [0.25, 0.3) is 0 Å². The summed E-state index contributed by atoms with van der Waals surface area (Å²) in [6.45, 7) is 5.32. The molecular formula is C17H21N5O3S. The molecule has 8 nitrogen and oxygen atoms in total. The van der Waals surface area contributed by atoms with Gasteiger partial charge in [-0.25, -0.2) is 4.98 Å². The molecule has 1 aliphatic rings. The van der Waals surface area contributed by atoms with Crippen LogP contribution in [0.4, 0.5) is 11.4 Å². The first-order chi connectivity index (χ1) is 12.5. The molecule has 2 heterocycles. The van der Waals surface area contributed by atoms with E-state index in [9.17, 15) is 14.9 Å². The minimum atomic E-state index is -0.482. The van der Waals surface area contributed by atoms with Crippen LogP contribution in [0.2, 0.25) is 0 Å². The number of amides is 1. The van der Waals surface area contributed by atoms with E-state index < -0.39 is 4.92 Å². The summed E-state index contributed by atoms with van der Waals surface area (Å²) in [5, 5.41) is 16.7. The van der Waals surface area contributed by atoms with Gasteiger partial charge in [-0.15, -0.1) is 11.3 Å². The minimum Gasteiger partial charge on any atom is -0.368 e. The average molecular weight is 375 g/mol. The van der Waals surface area contributed by atoms with E-state index in [0.29, 0.717) is 5.56 Å². The maximum atomic E-state index is 12.2. The molecule has 1 unspecified atom stereocenters. The molecule has 1 saturated heterocycles. The lowest BCUT2D eigenvalue weighted by atomic mass is 10.1. The number of carbonyl (C=O) groups excluding carboxylic acids is 1. The lowest BCUT2D eigenvalue weighted by Gasteiger charge is -2.39. The van der Waals surface area contributed by atoms with Gasteiger partial charge in [0.25, 0.3) is 11.6 Å². The number of piperazine rings is 1. The molecule has 1 atom stereocenters. The molecule has 1 N–H and O–H groups in total. The van der Waals surface area contributed by atoms with Crippen molar-refractivity contribution in [1.29, 1.82) is 0 Å². The third-order valence-corrected chi connectivity index (χ3v) is 5.62. The van der Waals surface area contributed by atoms with Gasteiger partial charge in [0.2, 0.25) is 0 Å². The predicted molar refractivity (Wildman–Crippen MR) is 101 cm³/mol. The fourth-order valence-corrected chi connectivity index (χ4v) is 3.91. The highest BCUT2D eigenvalue weighted by Crippen LogP contribution is 2.29. The van der Waals surface area contributed by atoms with Crippen molar-refractivity contribution in [2.24, 2.45) is 0 Å². The van der Waals surface area contributed by atoms with Gasteiger partial charge in [0.05, 0.1) is 22.2 Å². The molecule has 1 aromatic carbocycles. The summed E-state index contributed by atoms with van der Waals surface area (Å²) in [7, 11) is 1.53. The number of benzene rings is 1. The molecule has 26 heavy (non-hydrogen) atoms. The molecule has 2 aromatic rings. The summed E-state index contributed by atoms with van der Waals surface area (Å²) in [6.07, 6.45) is 1.82. The Morgan fingerprint density at radius 1 is 1.35 bits per heavy atom. The zero-order valence-electron chi connectivity index (χ0n) is 14.7. The maximum absolute atomic E-state index is 12.2. The van der Waals surface area contributed by atoms with Crippen LogP contribution in [0.1, 0.15) is 28.3 Å². The van der Waals surface area contributed by atoms with Gasteiger partial charge in [-0.3, -0.25) is 19.8 Å². The zero-order chi connectivity index (χ0) is 18.7. The molecular weight excluding hydrogens is 354 g/mol. The molecule has 1 fully saturated rings. The third kappa shape index (κ3) is 3.68. The van der Waals surface area contributed by atoms with E-state index in [1.54, 1.807) is 17.4 Å². The summed E-state index contributed by atoms with van der Waals surface area (Å²) >= 11 is 1.65. The van der Waals surface area contributed by atoms with Gasteiger partial charge in [-0.2, -0.15) is 0 Å². The highest BCUT2D eigenvalue weighted by atomic mass is 32.1. The number of nitro groups is 1. The number of nitro benzene ring substituents is 1. The van der Waals surface area contributed by atoms with Crippen LogP contribution in [0, 0.1) is 10.1 Å². The van der Waals surface area contributed by atoms with Crippen molar-refractivity contribution in [3.63, 3.8) is 0 Å². The van der Waals surface area contributed by atoms with Crippen LogP contribution in [-0.2, 0) is 0 Å². The number of nitrogens with zero attached hydrogens (tertiary/aromatic N) is 4. The summed E-state index contributed by atoms with van der Waals surface area (Å²) in [4.78, 5) is 31.6. The topological polar surface area (TPSA) is 91.6 Å². The Balaban J connectivity index is 1.76. The van der Waals surface area contributed by atoms with Gasteiger partial charge in [0.1, 0.15) is 5.01 Å². The number of hydrogen-bond acceptors (Lipinski definition) is 7. The molecule has 0 bridgehead atoms. The van der Waals surface area contributed by atoms with Crippen LogP contribution >= 0.6 is 11.3 Å². The van der Waals surface area contributed by atoms with Crippen LogP contribution in [0.15, 0.2) is 29.8 Å². The van der Waals surface area contributed by atoms with E-state index in [0.717, 1.165) is 36.9 Å². The second-order valence-corrected chi connectivity index (χ2v) is 7.03. The normalized spacial score (nSPS) is 16.3. The molecule has 9 heteroatoms. The lowest BCUT2D eigenvalue weighted by molar-refractivity contribution is -0.384. The van der Waals surface area contributed by atoms with Crippen LogP contribution < -0.4 is 10.2 Å². The molecule has 1 amide bonds. The van der Waals surface area contributed by atoms with Gasteiger partial charge in [-0.1, -0.05) is 0 Å². The molecule has 3 rings (SSSR count). The third-order valence-electron chi connectivity index (χ3n) is 4.67. The average Bonchev–Trinajstić information content (AvgIpc) is 3.21. The second kappa shape index (κ2) is 7.79. The smallest absolute Gasteiger partial charge is 0.270 e. The Kier molecular flexibility index (Phi) is 5.48. The number of aromatic nitrogens is 1. The summed E-state index contributed by atoms with van der Waals surface area (Å²) in [6, 6.07) is 4.72. The van der Waals surface area contributed by atoms with Gasteiger partial charge >= 0.3 is 0 Å². The number of hydrogen-bond donors (Lipinski definition) is 1. The van der Waals surface area contributed by atoms with Crippen LogP contribution in [0.3, 0.4) is 0 Å². The number of nitrogens with one attached hydrogen (secondary N) is 1. The molecule has 0 saturated carbocycles. The number of thiazole rings is 1. The van der Waals surface area contributed by atoms with Gasteiger partial charge in [0.15, 0.2) is 0 Å². The summed E-state index contributed by atoms with van der Waals surface area (Å²) in [5.41, 5.74) is 0.989. The number of carbonyl (C=O) groups is 1. The molecule has 0 aliphatic carbocycles. The van der Waals surface area contributed by atoms with Crippen molar-refractivity contribution in [1.82, 2.24) is 15.2 Å². The van der Waals surface area contributed by atoms with Crippen molar-refractivity contribution >= 4 is 28.6 Å². The summed E-state index contributed by atoms with van der Waals surface area (Å²) < 4.78 is 0. The SMILES string of the molecule is CNC(=O)c1cc([N+](=O)[O-])ccc1N1CCN(C(C)c2nccs2)CC1. The van der Waals surface area contributed by atoms with E-state index in [1.807, 2.05) is 11.6 Å². The Morgan fingerprint density at radius 3 is 2.65 bits per heavy atom. The highest BCUT2D eigenvalue weighted by Gasteiger charge is 2.26. The van der Waals surface area contributed by atoms with E-state index in [4.69, 9.17) is 0 Å². The van der Waals surface area contributed by atoms with Gasteiger partial charge < -0.3 is 10.2 Å². The van der Waals surface area contributed by atoms with E-state index in [-0.39, 0.29) is 17.6 Å². The number of non-ortho nitro benzene ring substituents is 1. The predicted octanol–water partition coefficient (Wildman–Crippen LogP) is 2.29. The van der Waals surface area contributed by atoms with Crippen molar-refractivity contribution in [3.8, 4) is 0 Å². The van der Waals surface area contributed by atoms with Crippen LogP contribution in [-0.4, -0.2) is 53.9 Å². The van der Waals surface area contributed by atoms with E-state index >= 15 is 0 Å². The van der Waals surface area contributed by atoms with E-state index in [2.05, 4.69) is 27.0 Å². The van der Waals surface area contributed by atoms with Crippen LogP contribution in [0.5, 0.6) is 0 Å². The monoisotopic (exact) mass is 375 g/mol. The van der Waals surface area contributed by atoms with Gasteiger partial charge in [0, 0.05) is 56.9 Å². The number of anilines is 1. The fourth-order valence-electron chi connectivity index (χ4n) is 3.18. The second-order valence-electron chi connectivity index (χ2n) is 6.11. The Morgan fingerprint density at radius 2 is 2.08 bits per heavy atom. The minimum absolute atomic E-state index is 0.0802. The molecule has 0 radical (unpaired) electrons. The van der Waals surface area contributed by atoms with Crippen molar-refractivity contribution in [3.05, 3.63) is 50.5 Å². The quantitative estimate of drug-likeness (QED) is 0.637. The Labute approximate surface area is 155 Å². The first kappa shape index (κ1) is 18.3. The zero-order valence-corrected chi connectivity index (χ0v) is 15.5. The Hall–Kier alpha value is -2.52. The van der Waals surface area contributed by atoms with Crippen molar-refractivity contribution < 1.29 is 9.72 Å². The maximum Gasteiger partial charge on any atom is 0.270 e. The molecule has 0 spiro atoms.